The van der Waals surface area contributed by atoms with Gasteiger partial charge in [0.2, 0.25) is 0 Å². The van der Waals surface area contributed by atoms with Gasteiger partial charge >= 0.3 is 12.4 Å². The molecule has 0 aromatic heterocycles. The maximum absolute atomic E-state index is 12.5. The maximum atomic E-state index is 12.5. The van der Waals surface area contributed by atoms with Gasteiger partial charge in [-0.15, -0.1) is 0 Å². The summed E-state index contributed by atoms with van der Waals surface area (Å²) < 4.78 is 75.0. The molecular formula is C11H9BF6. The van der Waals surface area contributed by atoms with E-state index in [1.54, 1.807) is 6.92 Å². The summed E-state index contributed by atoms with van der Waals surface area (Å²) in [6.07, 6.45) is -9.41. The van der Waals surface area contributed by atoms with Crippen LogP contribution in [0.25, 0.3) is 0 Å². The van der Waals surface area contributed by atoms with Gasteiger partial charge in [-0.2, -0.15) is 26.3 Å². The van der Waals surface area contributed by atoms with E-state index in [0.29, 0.717) is 12.1 Å². The number of hydrogen-bond acceptors (Lipinski definition) is 0. The SMILES string of the molecule is [B][C@H](CC)c1cc(C(F)(F)F)cc(C(F)(F)F)c1. The summed E-state index contributed by atoms with van der Waals surface area (Å²) in [5.74, 6) is -0.853. The Morgan fingerprint density at radius 1 is 0.944 bits per heavy atom. The topological polar surface area (TPSA) is 0 Å². The van der Waals surface area contributed by atoms with Gasteiger partial charge < -0.3 is 0 Å². The summed E-state index contributed by atoms with van der Waals surface area (Å²) in [6, 6.07) is 1.40. The largest absolute Gasteiger partial charge is 0.416 e. The fraction of sp³-hybridized carbons (Fsp3) is 0.455. The highest BCUT2D eigenvalue weighted by molar-refractivity contribution is 6.12. The number of benzene rings is 1. The second kappa shape index (κ2) is 4.86. The van der Waals surface area contributed by atoms with Crippen LogP contribution in [0, 0.1) is 0 Å². The van der Waals surface area contributed by atoms with Crippen molar-refractivity contribution in [1.29, 1.82) is 0 Å². The van der Waals surface area contributed by atoms with Crippen LogP contribution in [0.2, 0.25) is 0 Å². The van der Waals surface area contributed by atoms with Gasteiger partial charge in [0.1, 0.15) is 0 Å². The quantitative estimate of drug-likeness (QED) is 0.551. The first-order valence-electron chi connectivity index (χ1n) is 5.10. The second-order valence-electron chi connectivity index (χ2n) is 3.85. The van der Waals surface area contributed by atoms with Crippen molar-refractivity contribution in [3.63, 3.8) is 0 Å². The molecule has 0 fully saturated rings. The van der Waals surface area contributed by atoms with Crippen LogP contribution in [0.3, 0.4) is 0 Å². The summed E-state index contributed by atoms with van der Waals surface area (Å²) in [7, 11) is 5.48. The van der Waals surface area contributed by atoms with Crippen molar-refractivity contribution in [1.82, 2.24) is 0 Å². The number of halogens is 6. The highest BCUT2D eigenvalue weighted by atomic mass is 19.4. The van der Waals surface area contributed by atoms with Gasteiger partial charge in [-0.3, -0.25) is 0 Å². The van der Waals surface area contributed by atoms with E-state index in [2.05, 4.69) is 0 Å². The van der Waals surface area contributed by atoms with Crippen molar-refractivity contribution in [3.05, 3.63) is 34.9 Å². The zero-order valence-electron chi connectivity index (χ0n) is 9.36. The van der Waals surface area contributed by atoms with Crippen LogP contribution in [0.1, 0.15) is 35.9 Å². The van der Waals surface area contributed by atoms with Crippen LogP contribution in [-0.4, -0.2) is 7.85 Å². The van der Waals surface area contributed by atoms with E-state index in [1.165, 1.54) is 0 Å². The van der Waals surface area contributed by atoms with Crippen molar-refractivity contribution >= 4 is 7.85 Å². The van der Waals surface area contributed by atoms with Gasteiger partial charge in [0, 0.05) is 0 Å². The van der Waals surface area contributed by atoms with Gasteiger partial charge in [-0.1, -0.05) is 24.7 Å². The Morgan fingerprint density at radius 3 is 1.61 bits per heavy atom. The maximum Gasteiger partial charge on any atom is 0.416 e. The van der Waals surface area contributed by atoms with Crippen LogP contribution in [0.15, 0.2) is 18.2 Å². The molecule has 1 atom stereocenters. The number of alkyl halides is 6. The van der Waals surface area contributed by atoms with E-state index in [1.807, 2.05) is 0 Å². The molecule has 7 heteroatoms. The highest BCUT2D eigenvalue weighted by Crippen LogP contribution is 2.37. The second-order valence-corrected chi connectivity index (χ2v) is 3.85. The van der Waals surface area contributed by atoms with Crippen LogP contribution in [0.5, 0.6) is 0 Å². The summed E-state index contributed by atoms with van der Waals surface area (Å²) in [4.78, 5) is 0. The molecule has 0 N–H and O–H groups in total. The minimum absolute atomic E-state index is 0.0892. The highest BCUT2D eigenvalue weighted by Gasteiger charge is 2.37. The minimum atomic E-state index is -4.83. The van der Waals surface area contributed by atoms with Crippen molar-refractivity contribution < 1.29 is 26.3 Å². The van der Waals surface area contributed by atoms with Gasteiger partial charge in [-0.05, 0) is 18.2 Å². The zero-order valence-corrected chi connectivity index (χ0v) is 9.36. The average Bonchev–Trinajstić information content (AvgIpc) is 2.25. The third-order valence-corrected chi connectivity index (χ3v) is 2.48. The lowest BCUT2D eigenvalue weighted by Crippen LogP contribution is -2.13. The van der Waals surface area contributed by atoms with Crippen molar-refractivity contribution in [2.75, 3.05) is 0 Å². The molecule has 18 heavy (non-hydrogen) atoms. The molecule has 0 aliphatic heterocycles. The van der Waals surface area contributed by atoms with Gasteiger partial charge in [0.25, 0.3) is 0 Å². The summed E-state index contributed by atoms with van der Waals surface area (Å²) in [5.41, 5.74) is -2.84. The minimum Gasteiger partial charge on any atom is -0.166 e. The molecule has 0 amide bonds. The Morgan fingerprint density at radius 2 is 1.33 bits per heavy atom. The van der Waals surface area contributed by atoms with E-state index in [0.717, 1.165) is 0 Å². The number of hydrogen-bond donors (Lipinski definition) is 0. The van der Waals surface area contributed by atoms with E-state index >= 15 is 0 Å². The lowest BCUT2D eigenvalue weighted by Gasteiger charge is -2.17. The predicted octanol–water partition coefficient (Wildman–Crippen LogP) is 4.34. The van der Waals surface area contributed by atoms with E-state index < -0.39 is 29.3 Å². The smallest absolute Gasteiger partial charge is 0.166 e. The molecule has 1 rings (SSSR count). The third-order valence-electron chi connectivity index (χ3n) is 2.48. The van der Waals surface area contributed by atoms with Crippen molar-refractivity contribution in [3.8, 4) is 0 Å². The molecule has 0 aliphatic carbocycles. The predicted molar refractivity (Wildman–Crippen MR) is 55.2 cm³/mol. The Bertz CT molecular complexity index is 388. The standard InChI is InChI=1S/C11H9BF6/c1-2-9(12)6-3-7(10(13,14)15)5-8(4-6)11(16,17)18/h3-5,9H,2H2,1H3/t9-/m1/s1. The van der Waals surface area contributed by atoms with E-state index in [9.17, 15) is 26.3 Å². The van der Waals surface area contributed by atoms with E-state index in [-0.39, 0.29) is 18.1 Å². The first-order chi connectivity index (χ1) is 8.05. The molecule has 0 unspecified atom stereocenters. The van der Waals surface area contributed by atoms with Crippen LogP contribution in [-0.2, 0) is 12.4 Å². The zero-order chi connectivity index (χ0) is 14.1. The van der Waals surface area contributed by atoms with E-state index in [4.69, 9.17) is 7.85 Å². The molecule has 1 aromatic carbocycles. The molecule has 0 bridgehead atoms. The monoisotopic (exact) mass is 266 g/mol. The Labute approximate surface area is 101 Å². The lowest BCUT2D eigenvalue weighted by atomic mass is 9.78. The Balaban J connectivity index is 3.39. The van der Waals surface area contributed by atoms with Crippen LogP contribution in [0.4, 0.5) is 26.3 Å². The first-order valence-corrected chi connectivity index (χ1v) is 5.10. The summed E-state index contributed by atoms with van der Waals surface area (Å²) in [6.45, 7) is 1.58. The normalized spacial score (nSPS) is 14.6. The fourth-order valence-corrected chi connectivity index (χ4v) is 1.43. The van der Waals surface area contributed by atoms with Crippen LogP contribution < -0.4 is 0 Å². The molecular weight excluding hydrogens is 257 g/mol. The lowest BCUT2D eigenvalue weighted by molar-refractivity contribution is -0.143. The molecule has 0 nitrogen and oxygen atoms in total. The molecule has 2 radical (unpaired) electrons. The molecule has 98 valence electrons. The molecule has 0 aliphatic rings. The molecule has 0 heterocycles. The van der Waals surface area contributed by atoms with Crippen LogP contribution >= 0.6 is 0 Å². The summed E-state index contributed by atoms with van der Waals surface area (Å²) >= 11 is 0. The van der Waals surface area contributed by atoms with Gasteiger partial charge in [0.15, 0.2) is 0 Å². The molecule has 0 saturated carbocycles. The molecule has 0 spiro atoms. The first kappa shape index (κ1) is 14.9. The third kappa shape index (κ3) is 3.43. The Kier molecular flexibility index (Phi) is 4.03. The van der Waals surface area contributed by atoms with Gasteiger partial charge in [0.05, 0.1) is 19.0 Å². The van der Waals surface area contributed by atoms with Gasteiger partial charge in [-0.25, -0.2) is 0 Å². The molecule has 1 aromatic rings. The average molecular weight is 266 g/mol. The molecule has 0 saturated heterocycles. The number of rotatable bonds is 2. The Hall–Kier alpha value is -1.14. The van der Waals surface area contributed by atoms with Crippen molar-refractivity contribution in [2.24, 2.45) is 0 Å². The van der Waals surface area contributed by atoms with Crippen molar-refractivity contribution in [2.45, 2.75) is 31.5 Å². The fourth-order valence-electron chi connectivity index (χ4n) is 1.43. The summed E-state index contributed by atoms with van der Waals surface area (Å²) in [5, 5.41) is 0.